The number of aromatic nitrogens is 2. The fourth-order valence-corrected chi connectivity index (χ4v) is 2.44. The zero-order chi connectivity index (χ0) is 8.55. The molecule has 0 unspecified atom stereocenters. The van der Waals surface area contributed by atoms with Gasteiger partial charge in [0.15, 0.2) is 0 Å². The van der Waals surface area contributed by atoms with Crippen LogP contribution in [0.15, 0.2) is 25.2 Å². The Morgan fingerprint density at radius 1 is 1.42 bits per heavy atom. The number of hydrogen-bond donors (Lipinski definition) is 0. The van der Waals surface area contributed by atoms with Crippen molar-refractivity contribution < 1.29 is 4.52 Å². The molecule has 12 heavy (non-hydrogen) atoms. The number of halogens is 2. The van der Waals surface area contributed by atoms with Gasteiger partial charge in [0, 0.05) is 4.47 Å². The van der Waals surface area contributed by atoms with E-state index in [0.29, 0.717) is 10.6 Å². The minimum absolute atomic E-state index is 0.470. The summed E-state index contributed by atoms with van der Waals surface area (Å²) >= 11 is 8.05. The van der Waals surface area contributed by atoms with E-state index in [1.807, 2.05) is 11.4 Å². The van der Waals surface area contributed by atoms with Gasteiger partial charge in [-0.05, 0) is 48.5 Å². The van der Waals surface area contributed by atoms with Gasteiger partial charge < -0.3 is 4.52 Å². The average molecular weight is 310 g/mol. The van der Waals surface area contributed by atoms with Crippen molar-refractivity contribution in [2.45, 2.75) is 0 Å². The Kier molecular flexibility index (Phi) is 2.29. The molecule has 0 atom stereocenters. The van der Waals surface area contributed by atoms with Gasteiger partial charge in [0.05, 0.1) is 0 Å². The standard InChI is InChI=1S/C6H2Br2N2OS/c7-3-1-2-12-4(3)5-9-6(8)10-11-5/h1-2H. The second kappa shape index (κ2) is 3.27. The molecule has 0 aliphatic heterocycles. The SMILES string of the molecule is Brc1noc(-c2sccc2Br)n1. The molecule has 2 aromatic heterocycles. The van der Waals surface area contributed by atoms with E-state index >= 15 is 0 Å². The predicted octanol–water partition coefficient (Wildman–Crippen LogP) is 3.32. The molecule has 0 radical (unpaired) electrons. The lowest BCUT2D eigenvalue weighted by molar-refractivity contribution is 0.427. The molecule has 0 amide bonds. The van der Waals surface area contributed by atoms with E-state index in [1.165, 1.54) is 0 Å². The molecule has 0 bridgehead atoms. The van der Waals surface area contributed by atoms with Crippen molar-refractivity contribution in [3.8, 4) is 10.8 Å². The fraction of sp³-hybridized carbons (Fsp3) is 0. The third kappa shape index (κ3) is 1.46. The summed E-state index contributed by atoms with van der Waals surface area (Å²) in [4.78, 5) is 4.99. The highest BCUT2D eigenvalue weighted by Gasteiger charge is 2.11. The van der Waals surface area contributed by atoms with Crippen molar-refractivity contribution in [2.24, 2.45) is 0 Å². The van der Waals surface area contributed by atoms with Gasteiger partial charge in [-0.1, -0.05) is 0 Å². The first-order chi connectivity index (χ1) is 5.77. The summed E-state index contributed by atoms with van der Waals surface area (Å²) in [7, 11) is 0. The highest BCUT2D eigenvalue weighted by molar-refractivity contribution is 9.10. The minimum Gasteiger partial charge on any atom is -0.332 e. The van der Waals surface area contributed by atoms with E-state index in [1.54, 1.807) is 11.3 Å². The van der Waals surface area contributed by atoms with Gasteiger partial charge >= 0.3 is 0 Å². The van der Waals surface area contributed by atoms with Crippen LogP contribution >= 0.6 is 43.2 Å². The maximum absolute atomic E-state index is 4.96. The first kappa shape index (κ1) is 8.40. The Morgan fingerprint density at radius 3 is 2.75 bits per heavy atom. The second-order valence-corrected chi connectivity index (χ2v) is 4.45. The molecule has 62 valence electrons. The van der Waals surface area contributed by atoms with E-state index in [2.05, 4.69) is 42.0 Å². The summed E-state index contributed by atoms with van der Waals surface area (Å²) in [6.45, 7) is 0. The monoisotopic (exact) mass is 308 g/mol. The minimum atomic E-state index is 0.470. The Balaban J connectivity index is 2.50. The quantitative estimate of drug-likeness (QED) is 0.811. The number of rotatable bonds is 1. The van der Waals surface area contributed by atoms with Crippen molar-refractivity contribution in [3.63, 3.8) is 0 Å². The van der Waals surface area contributed by atoms with E-state index in [9.17, 15) is 0 Å². The highest BCUT2D eigenvalue weighted by atomic mass is 79.9. The molecule has 2 aromatic rings. The topological polar surface area (TPSA) is 38.9 Å². The largest absolute Gasteiger partial charge is 0.332 e. The Labute approximate surface area is 89.0 Å². The van der Waals surface area contributed by atoms with Crippen LogP contribution in [0.5, 0.6) is 0 Å². The van der Waals surface area contributed by atoms with E-state index in [-0.39, 0.29) is 0 Å². The summed E-state index contributed by atoms with van der Waals surface area (Å²) in [5.74, 6) is 0.531. The Hall–Kier alpha value is -0.200. The molecule has 0 fully saturated rings. The molecular weight excluding hydrogens is 308 g/mol. The van der Waals surface area contributed by atoms with Crippen LogP contribution in [0.3, 0.4) is 0 Å². The van der Waals surface area contributed by atoms with Crippen LogP contribution in [0.4, 0.5) is 0 Å². The van der Waals surface area contributed by atoms with Gasteiger partial charge in [0.1, 0.15) is 4.88 Å². The van der Waals surface area contributed by atoms with Gasteiger partial charge in [0.25, 0.3) is 5.89 Å². The molecule has 0 spiro atoms. The summed E-state index contributed by atoms with van der Waals surface area (Å²) in [5, 5.41) is 5.59. The van der Waals surface area contributed by atoms with E-state index in [0.717, 1.165) is 9.35 Å². The molecule has 0 aliphatic carbocycles. The second-order valence-electron chi connectivity index (χ2n) is 1.97. The molecule has 0 saturated carbocycles. The molecule has 2 rings (SSSR count). The normalized spacial score (nSPS) is 10.5. The number of hydrogen-bond acceptors (Lipinski definition) is 4. The van der Waals surface area contributed by atoms with Gasteiger partial charge in [-0.2, -0.15) is 4.98 Å². The molecule has 0 saturated heterocycles. The first-order valence-corrected chi connectivity index (χ1v) is 5.46. The lowest BCUT2D eigenvalue weighted by atomic mass is 10.5. The molecule has 3 nitrogen and oxygen atoms in total. The molecule has 0 N–H and O–H groups in total. The van der Waals surface area contributed by atoms with Crippen molar-refractivity contribution in [1.82, 2.24) is 10.1 Å². The van der Waals surface area contributed by atoms with Crippen LogP contribution in [-0.2, 0) is 0 Å². The summed E-state index contributed by atoms with van der Waals surface area (Å²) in [6.07, 6.45) is 0. The number of thiophene rings is 1. The molecule has 0 aliphatic rings. The number of nitrogens with zero attached hydrogens (tertiary/aromatic N) is 2. The summed E-state index contributed by atoms with van der Waals surface area (Å²) in [6, 6.07) is 1.94. The zero-order valence-electron chi connectivity index (χ0n) is 5.62. The third-order valence-electron chi connectivity index (χ3n) is 1.21. The maximum Gasteiger partial charge on any atom is 0.269 e. The summed E-state index contributed by atoms with van der Waals surface area (Å²) < 4.78 is 6.41. The smallest absolute Gasteiger partial charge is 0.269 e. The lowest BCUT2D eigenvalue weighted by Gasteiger charge is -1.86. The summed E-state index contributed by atoms with van der Waals surface area (Å²) in [5.41, 5.74) is 0. The van der Waals surface area contributed by atoms with Gasteiger partial charge in [0.2, 0.25) is 4.73 Å². The molecule has 0 aromatic carbocycles. The lowest BCUT2D eigenvalue weighted by Crippen LogP contribution is -1.70. The Bertz CT molecular complexity index is 398. The van der Waals surface area contributed by atoms with E-state index < -0.39 is 0 Å². The van der Waals surface area contributed by atoms with Gasteiger partial charge in [-0.3, -0.25) is 0 Å². The zero-order valence-corrected chi connectivity index (χ0v) is 9.61. The molecule has 2 heterocycles. The maximum atomic E-state index is 4.96. The van der Waals surface area contributed by atoms with Crippen molar-refractivity contribution in [3.05, 3.63) is 20.7 Å². The third-order valence-corrected chi connectivity index (χ3v) is 3.36. The van der Waals surface area contributed by atoms with Crippen molar-refractivity contribution >= 4 is 43.2 Å². The molecule has 6 heteroatoms. The van der Waals surface area contributed by atoms with E-state index in [4.69, 9.17) is 4.52 Å². The van der Waals surface area contributed by atoms with Crippen LogP contribution in [0.2, 0.25) is 0 Å². The van der Waals surface area contributed by atoms with Crippen LogP contribution in [0.1, 0.15) is 0 Å². The highest BCUT2D eigenvalue weighted by Crippen LogP contribution is 2.32. The van der Waals surface area contributed by atoms with Crippen LogP contribution in [0.25, 0.3) is 10.8 Å². The average Bonchev–Trinajstić information content (AvgIpc) is 2.58. The van der Waals surface area contributed by atoms with Crippen LogP contribution in [-0.4, -0.2) is 10.1 Å². The fourth-order valence-electron chi connectivity index (χ4n) is 0.744. The Morgan fingerprint density at radius 2 is 2.25 bits per heavy atom. The van der Waals surface area contributed by atoms with Crippen molar-refractivity contribution in [2.75, 3.05) is 0 Å². The van der Waals surface area contributed by atoms with Crippen molar-refractivity contribution in [1.29, 1.82) is 0 Å². The predicted molar refractivity (Wildman–Crippen MR) is 53.0 cm³/mol. The van der Waals surface area contributed by atoms with Gasteiger partial charge in [-0.15, -0.1) is 11.3 Å². The van der Waals surface area contributed by atoms with Crippen LogP contribution < -0.4 is 0 Å². The molecular formula is C6H2Br2N2OS. The first-order valence-electron chi connectivity index (χ1n) is 3.00. The van der Waals surface area contributed by atoms with Gasteiger partial charge in [-0.25, -0.2) is 0 Å². The van der Waals surface area contributed by atoms with Crippen LogP contribution in [0, 0.1) is 0 Å².